The van der Waals surface area contributed by atoms with Crippen LogP contribution in [0.1, 0.15) is 5.56 Å². The quantitative estimate of drug-likeness (QED) is 0.597. The minimum atomic E-state index is -2.09. The number of nitrogens with one attached hydrogen (secondary N) is 1. The van der Waals surface area contributed by atoms with E-state index in [1.807, 2.05) is 47.0 Å². The fourth-order valence-electron chi connectivity index (χ4n) is 2.22. The van der Waals surface area contributed by atoms with Crippen LogP contribution in [-0.2, 0) is 16.8 Å². The van der Waals surface area contributed by atoms with E-state index < -0.39 is 11.1 Å². The van der Waals surface area contributed by atoms with Crippen LogP contribution in [0.2, 0.25) is 0 Å². The lowest BCUT2D eigenvalue weighted by Crippen LogP contribution is -1.95. The van der Waals surface area contributed by atoms with Crippen LogP contribution >= 0.6 is 12.2 Å². The molecule has 0 bridgehead atoms. The first-order chi connectivity index (χ1) is 9.65. The van der Waals surface area contributed by atoms with Gasteiger partial charge in [0.15, 0.2) is 4.77 Å². The molecule has 0 aliphatic carbocycles. The number of aromatic nitrogens is 2. The average molecular weight is 303 g/mol. The maximum atomic E-state index is 10.8. The first kappa shape index (κ1) is 13.2. The van der Waals surface area contributed by atoms with Gasteiger partial charge in [-0.15, -0.1) is 0 Å². The summed E-state index contributed by atoms with van der Waals surface area (Å²) in [5.74, 6) is 0.00700. The molecule has 0 aliphatic rings. The number of H-pyrrole nitrogens is 1. The van der Waals surface area contributed by atoms with E-state index in [1.165, 1.54) is 0 Å². The molecule has 102 valence electrons. The van der Waals surface area contributed by atoms with Crippen LogP contribution in [0, 0.1) is 4.77 Å². The second-order valence-corrected chi connectivity index (χ2v) is 5.68. The number of nitrogens with zero attached hydrogens (tertiary/aromatic N) is 1. The van der Waals surface area contributed by atoms with E-state index in [2.05, 4.69) is 4.98 Å². The van der Waals surface area contributed by atoms with Crippen molar-refractivity contribution in [3.63, 3.8) is 0 Å². The van der Waals surface area contributed by atoms with Crippen molar-refractivity contribution in [2.45, 2.75) is 5.75 Å². The molecule has 1 unspecified atom stereocenters. The number of hydrogen-bond donors (Lipinski definition) is 1. The van der Waals surface area contributed by atoms with Crippen LogP contribution in [0.3, 0.4) is 0 Å². The highest BCUT2D eigenvalue weighted by molar-refractivity contribution is 7.78. The zero-order valence-corrected chi connectivity index (χ0v) is 12.0. The number of aromatic amines is 1. The minimum absolute atomic E-state index is 0.00700. The van der Waals surface area contributed by atoms with E-state index in [9.17, 15) is 8.76 Å². The topological polar surface area (TPSA) is 60.8 Å². The molecule has 0 aliphatic heterocycles. The van der Waals surface area contributed by atoms with Gasteiger partial charge in [-0.2, -0.15) is 0 Å². The van der Waals surface area contributed by atoms with E-state index >= 15 is 0 Å². The van der Waals surface area contributed by atoms with Crippen LogP contribution < -0.4 is 0 Å². The van der Waals surface area contributed by atoms with E-state index in [4.69, 9.17) is 12.2 Å². The Morgan fingerprint density at radius 2 is 1.95 bits per heavy atom. The third-order valence-corrected chi connectivity index (χ3v) is 3.90. The van der Waals surface area contributed by atoms with Crippen molar-refractivity contribution in [1.82, 2.24) is 9.55 Å². The summed E-state index contributed by atoms with van der Waals surface area (Å²) in [6.45, 7) is 0. The van der Waals surface area contributed by atoms with Gasteiger partial charge in [-0.3, -0.25) is 8.78 Å². The summed E-state index contributed by atoms with van der Waals surface area (Å²) in [6.07, 6.45) is 0. The number of fused-ring (bicyclic) bond motifs is 1. The van der Waals surface area contributed by atoms with Gasteiger partial charge < -0.3 is 9.54 Å². The molecule has 0 fully saturated rings. The lowest BCUT2D eigenvalue weighted by atomic mass is 10.2. The van der Waals surface area contributed by atoms with Crippen LogP contribution in [-0.4, -0.2) is 18.3 Å². The highest BCUT2D eigenvalue weighted by atomic mass is 32.2. The monoisotopic (exact) mass is 303 g/mol. The van der Waals surface area contributed by atoms with Gasteiger partial charge in [0.2, 0.25) is 0 Å². The molecular weight excluding hydrogens is 292 g/mol. The number of rotatable bonds is 3. The summed E-state index contributed by atoms with van der Waals surface area (Å²) >= 11 is 3.26. The molecule has 0 radical (unpaired) electrons. The number of para-hydroxylation sites is 1. The minimum Gasteiger partial charge on any atom is -0.772 e. The SMILES string of the molecule is O=S([O-])Cc1ccc2c(c1)[nH]c(=S)n2-c1ccccc1. The molecule has 0 saturated carbocycles. The van der Waals surface area contributed by atoms with E-state index in [-0.39, 0.29) is 5.75 Å². The molecule has 3 aromatic rings. The summed E-state index contributed by atoms with van der Waals surface area (Å²) in [7, 11) is 0. The smallest absolute Gasteiger partial charge is 0.182 e. The number of hydrogen-bond acceptors (Lipinski definition) is 3. The van der Waals surface area contributed by atoms with Gasteiger partial charge in [-0.25, -0.2) is 0 Å². The summed E-state index contributed by atoms with van der Waals surface area (Å²) in [4.78, 5) is 3.12. The van der Waals surface area contributed by atoms with Crippen molar-refractivity contribution in [2.75, 3.05) is 0 Å². The van der Waals surface area contributed by atoms with Gasteiger partial charge in [0.05, 0.1) is 11.0 Å². The lowest BCUT2D eigenvalue weighted by molar-refractivity contribution is 0.536. The first-order valence-electron chi connectivity index (χ1n) is 6.00. The lowest BCUT2D eigenvalue weighted by Gasteiger charge is -2.06. The Hall–Kier alpha value is -1.76. The summed E-state index contributed by atoms with van der Waals surface area (Å²) in [5.41, 5.74) is 3.48. The second-order valence-electron chi connectivity index (χ2n) is 4.40. The Morgan fingerprint density at radius 1 is 1.20 bits per heavy atom. The highest BCUT2D eigenvalue weighted by Crippen LogP contribution is 2.21. The number of benzene rings is 2. The number of imidazole rings is 1. The summed E-state index contributed by atoms with van der Waals surface area (Å²) < 4.78 is 24.0. The van der Waals surface area contributed by atoms with Crippen molar-refractivity contribution < 1.29 is 8.76 Å². The molecule has 1 N–H and O–H groups in total. The van der Waals surface area contributed by atoms with Crippen molar-refractivity contribution in [1.29, 1.82) is 0 Å². The molecule has 0 saturated heterocycles. The van der Waals surface area contributed by atoms with E-state index in [0.717, 1.165) is 22.3 Å². The fourth-order valence-corrected chi connectivity index (χ4v) is 2.98. The Bertz CT molecular complexity index is 837. The second kappa shape index (κ2) is 5.32. The average Bonchev–Trinajstić information content (AvgIpc) is 2.74. The van der Waals surface area contributed by atoms with Gasteiger partial charge >= 0.3 is 0 Å². The zero-order chi connectivity index (χ0) is 14.1. The van der Waals surface area contributed by atoms with Crippen LogP contribution in [0.25, 0.3) is 16.7 Å². The predicted molar refractivity (Wildman–Crippen MR) is 81.1 cm³/mol. The molecule has 4 nitrogen and oxygen atoms in total. The van der Waals surface area contributed by atoms with Crippen LogP contribution in [0.15, 0.2) is 48.5 Å². The highest BCUT2D eigenvalue weighted by Gasteiger charge is 2.07. The van der Waals surface area contributed by atoms with Crippen molar-refractivity contribution >= 4 is 34.3 Å². The van der Waals surface area contributed by atoms with Crippen molar-refractivity contribution in [3.05, 3.63) is 58.9 Å². The van der Waals surface area contributed by atoms with Gasteiger partial charge in [0.1, 0.15) is 0 Å². The Labute approximate surface area is 123 Å². The molecule has 1 aromatic heterocycles. The predicted octanol–water partition coefficient (Wildman–Crippen LogP) is 3.07. The standard InChI is InChI=1S/C14H12N2O2S2/c17-20(18)9-10-6-7-13-12(8-10)15-14(19)16(13)11-4-2-1-3-5-11/h1-8H,9H2,(H,15,19)(H,17,18)/p-1. The fraction of sp³-hybridized carbons (Fsp3) is 0.0714. The molecular formula is C14H11N2O2S2-. The molecule has 6 heteroatoms. The Balaban J connectivity index is 2.18. The third kappa shape index (κ3) is 2.45. The van der Waals surface area contributed by atoms with Crippen molar-refractivity contribution in [2.24, 2.45) is 0 Å². The largest absolute Gasteiger partial charge is 0.772 e. The maximum Gasteiger partial charge on any atom is 0.182 e. The molecule has 1 atom stereocenters. The van der Waals surface area contributed by atoms with Gasteiger partial charge in [-0.1, -0.05) is 35.3 Å². The van der Waals surface area contributed by atoms with Crippen molar-refractivity contribution in [3.8, 4) is 5.69 Å². The zero-order valence-electron chi connectivity index (χ0n) is 10.4. The summed E-state index contributed by atoms with van der Waals surface area (Å²) in [5, 5.41) is 0. The molecule has 20 heavy (non-hydrogen) atoms. The molecule has 0 spiro atoms. The molecule has 2 aromatic carbocycles. The van der Waals surface area contributed by atoms with Crippen LogP contribution in [0.5, 0.6) is 0 Å². The Kier molecular flexibility index (Phi) is 3.52. The maximum absolute atomic E-state index is 10.8. The van der Waals surface area contributed by atoms with Gasteiger partial charge in [0.25, 0.3) is 0 Å². The Morgan fingerprint density at radius 3 is 2.65 bits per heavy atom. The van der Waals surface area contributed by atoms with E-state index in [1.54, 1.807) is 6.07 Å². The molecule has 0 amide bonds. The summed E-state index contributed by atoms with van der Waals surface area (Å²) in [6, 6.07) is 15.3. The molecule has 3 rings (SSSR count). The first-order valence-corrected chi connectivity index (χ1v) is 7.65. The van der Waals surface area contributed by atoms with Gasteiger partial charge in [0, 0.05) is 11.4 Å². The third-order valence-electron chi connectivity index (χ3n) is 3.05. The molecule has 1 heterocycles. The van der Waals surface area contributed by atoms with Gasteiger partial charge in [-0.05, 0) is 42.0 Å². The van der Waals surface area contributed by atoms with E-state index in [0.29, 0.717) is 4.77 Å². The van der Waals surface area contributed by atoms with Crippen LogP contribution in [0.4, 0.5) is 0 Å². The normalized spacial score (nSPS) is 12.7.